The molecule has 1 atom stereocenters. The van der Waals surface area contributed by atoms with Crippen LogP contribution in [-0.2, 0) is 4.79 Å². The zero-order chi connectivity index (χ0) is 13.9. The summed E-state index contributed by atoms with van der Waals surface area (Å²) in [5.41, 5.74) is 1.20. The Morgan fingerprint density at radius 3 is 2.62 bits per heavy atom. The highest BCUT2D eigenvalue weighted by molar-refractivity contribution is 6.30. The molecule has 1 aliphatic carbocycles. The van der Waals surface area contributed by atoms with E-state index in [1.165, 1.54) is 18.4 Å². The van der Waals surface area contributed by atoms with Crippen LogP contribution in [0, 0.1) is 5.92 Å². The fraction of sp³-hybridized carbons (Fsp3) is 0.562. The lowest BCUT2D eigenvalue weighted by atomic mass is 10.0. The van der Waals surface area contributed by atoms with Gasteiger partial charge in [-0.1, -0.05) is 23.7 Å². The van der Waals surface area contributed by atoms with Crippen molar-refractivity contribution in [2.75, 3.05) is 19.6 Å². The van der Waals surface area contributed by atoms with Crippen molar-refractivity contribution < 1.29 is 4.79 Å². The Morgan fingerprint density at radius 1 is 1.24 bits per heavy atom. The summed E-state index contributed by atoms with van der Waals surface area (Å²) in [4.78, 5) is 14.4. The molecule has 2 aliphatic rings. The predicted octanol–water partition coefficient (Wildman–Crippen LogP) is 3.42. The molecule has 5 heteroatoms. The molecule has 3 nitrogen and oxygen atoms in total. The van der Waals surface area contributed by atoms with Crippen molar-refractivity contribution in [2.45, 2.75) is 31.7 Å². The third-order valence-corrected chi connectivity index (χ3v) is 4.49. The van der Waals surface area contributed by atoms with E-state index in [2.05, 4.69) is 5.32 Å². The molecule has 1 aliphatic heterocycles. The first-order valence-corrected chi connectivity index (χ1v) is 7.87. The van der Waals surface area contributed by atoms with Crippen molar-refractivity contribution in [2.24, 2.45) is 5.92 Å². The van der Waals surface area contributed by atoms with Gasteiger partial charge in [0.1, 0.15) is 0 Å². The van der Waals surface area contributed by atoms with E-state index in [9.17, 15) is 4.79 Å². The first-order valence-electron chi connectivity index (χ1n) is 7.49. The van der Waals surface area contributed by atoms with Crippen molar-refractivity contribution in [3.05, 3.63) is 34.9 Å². The summed E-state index contributed by atoms with van der Waals surface area (Å²) in [6.45, 7) is 2.34. The van der Waals surface area contributed by atoms with E-state index in [1.807, 2.05) is 29.2 Å². The highest BCUT2D eigenvalue weighted by Crippen LogP contribution is 2.32. The molecular formula is C16H22Cl2N2O. The summed E-state index contributed by atoms with van der Waals surface area (Å²) in [5, 5.41) is 4.04. The van der Waals surface area contributed by atoms with Crippen LogP contribution in [0.4, 0.5) is 0 Å². The van der Waals surface area contributed by atoms with Crippen LogP contribution in [0.5, 0.6) is 0 Å². The quantitative estimate of drug-likeness (QED) is 0.898. The minimum atomic E-state index is 0. The Balaban J connectivity index is 0.00000161. The van der Waals surface area contributed by atoms with Crippen molar-refractivity contribution in [1.29, 1.82) is 0 Å². The maximum atomic E-state index is 12.3. The van der Waals surface area contributed by atoms with Gasteiger partial charge < -0.3 is 10.2 Å². The predicted molar refractivity (Wildman–Crippen MR) is 88.0 cm³/mol. The second kappa shape index (κ2) is 7.48. The number of halogens is 2. The van der Waals surface area contributed by atoms with Gasteiger partial charge in [0.2, 0.25) is 5.91 Å². The molecule has 1 heterocycles. The van der Waals surface area contributed by atoms with Gasteiger partial charge in [0.15, 0.2) is 0 Å². The van der Waals surface area contributed by atoms with Gasteiger partial charge in [-0.2, -0.15) is 0 Å². The lowest BCUT2D eigenvalue weighted by Gasteiger charge is -2.25. The standard InChI is InChI=1S/C16H21ClN2O.ClH/c17-14-7-5-13(6-8-14)15-2-1-9-19(15)16(20)11-18-10-12-3-4-12;/h5-8,12,15,18H,1-4,9-11H2;1H. The molecule has 1 N–H and O–H groups in total. The summed E-state index contributed by atoms with van der Waals surface area (Å²) >= 11 is 5.93. The van der Waals surface area contributed by atoms with Gasteiger partial charge in [-0.3, -0.25) is 4.79 Å². The highest BCUT2D eigenvalue weighted by Gasteiger charge is 2.29. The van der Waals surface area contributed by atoms with Gasteiger partial charge in [0.05, 0.1) is 12.6 Å². The molecule has 1 aromatic carbocycles. The number of carbonyl (C=O) groups excluding carboxylic acids is 1. The van der Waals surface area contributed by atoms with E-state index >= 15 is 0 Å². The van der Waals surface area contributed by atoms with Crippen LogP contribution < -0.4 is 5.32 Å². The van der Waals surface area contributed by atoms with E-state index < -0.39 is 0 Å². The van der Waals surface area contributed by atoms with Gasteiger partial charge in [0.25, 0.3) is 0 Å². The summed E-state index contributed by atoms with van der Waals surface area (Å²) in [6, 6.07) is 8.11. The first kappa shape index (κ1) is 16.6. The van der Waals surface area contributed by atoms with Crippen LogP contribution in [0.3, 0.4) is 0 Å². The molecule has 116 valence electrons. The summed E-state index contributed by atoms with van der Waals surface area (Å²) < 4.78 is 0. The Hall–Kier alpha value is -0.770. The molecule has 0 bridgehead atoms. The number of nitrogens with one attached hydrogen (secondary N) is 1. The van der Waals surface area contributed by atoms with E-state index in [0.717, 1.165) is 36.9 Å². The van der Waals surface area contributed by atoms with Crippen molar-refractivity contribution in [3.8, 4) is 0 Å². The number of carbonyl (C=O) groups is 1. The molecule has 1 amide bonds. The van der Waals surface area contributed by atoms with Crippen LogP contribution in [0.15, 0.2) is 24.3 Å². The minimum absolute atomic E-state index is 0. The molecule has 0 radical (unpaired) electrons. The van der Waals surface area contributed by atoms with Crippen LogP contribution in [-0.4, -0.2) is 30.4 Å². The molecule has 21 heavy (non-hydrogen) atoms. The van der Waals surface area contributed by atoms with Crippen molar-refractivity contribution >= 4 is 29.9 Å². The fourth-order valence-electron chi connectivity index (χ4n) is 2.90. The third-order valence-electron chi connectivity index (χ3n) is 4.23. The lowest BCUT2D eigenvalue weighted by Crippen LogP contribution is -2.38. The second-order valence-electron chi connectivity index (χ2n) is 5.87. The second-order valence-corrected chi connectivity index (χ2v) is 6.31. The average Bonchev–Trinajstić information content (AvgIpc) is 3.14. The number of hydrogen-bond donors (Lipinski definition) is 1. The number of benzene rings is 1. The average molecular weight is 329 g/mol. The van der Waals surface area contributed by atoms with E-state index in [-0.39, 0.29) is 24.4 Å². The number of rotatable bonds is 5. The zero-order valence-electron chi connectivity index (χ0n) is 12.1. The third kappa shape index (κ3) is 4.35. The van der Waals surface area contributed by atoms with Gasteiger partial charge in [0, 0.05) is 11.6 Å². The topological polar surface area (TPSA) is 32.3 Å². The normalized spacial score (nSPS) is 21.2. The van der Waals surface area contributed by atoms with Crippen molar-refractivity contribution in [3.63, 3.8) is 0 Å². The van der Waals surface area contributed by atoms with Crippen molar-refractivity contribution in [1.82, 2.24) is 10.2 Å². The number of nitrogens with zero attached hydrogens (tertiary/aromatic N) is 1. The van der Waals surface area contributed by atoms with E-state index in [1.54, 1.807) is 0 Å². The number of hydrogen-bond acceptors (Lipinski definition) is 2. The van der Waals surface area contributed by atoms with Gasteiger partial charge >= 0.3 is 0 Å². The zero-order valence-corrected chi connectivity index (χ0v) is 13.6. The highest BCUT2D eigenvalue weighted by atomic mass is 35.5. The Morgan fingerprint density at radius 2 is 1.95 bits per heavy atom. The Kier molecular flexibility index (Phi) is 5.91. The lowest BCUT2D eigenvalue weighted by molar-refractivity contribution is -0.131. The molecule has 1 saturated carbocycles. The van der Waals surface area contributed by atoms with E-state index in [0.29, 0.717) is 6.54 Å². The largest absolute Gasteiger partial charge is 0.335 e. The Labute approximate surface area is 137 Å². The van der Waals surface area contributed by atoms with Gasteiger partial charge in [-0.15, -0.1) is 12.4 Å². The van der Waals surface area contributed by atoms with E-state index in [4.69, 9.17) is 11.6 Å². The SMILES string of the molecule is Cl.O=C(CNCC1CC1)N1CCCC1c1ccc(Cl)cc1. The molecule has 3 rings (SSSR count). The Bertz CT molecular complexity index is 474. The summed E-state index contributed by atoms with van der Waals surface area (Å²) in [6.07, 6.45) is 4.77. The molecule has 0 aromatic heterocycles. The summed E-state index contributed by atoms with van der Waals surface area (Å²) in [7, 11) is 0. The van der Waals surface area contributed by atoms with Crippen LogP contribution in [0.2, 0.25) is 5.02 Å². The fourth-order valence-corrected chi connectivity index (χ4v) is 3.03. The van der Waals surface area contributed by atoms with Crippen LogP contribution >= 0.6 is 24.0 Å². The van der Waals surface area contributed by atoms with Gasteiger partial charge in [-0.05, 0) is 55.8 Å². The van der Waals surface area contributed by atoms with Crippen LogP contribution in [0.1, 0.15) is 37.3 Å². The number of likely N-dealkylation sites (tertiary alicyclic amines) is 1. The maximum absolute atomic E-state index is 12.3. The molecule has 2 fully saturated rings. The monoisotopic (exact) mass is 328 g/mol. The summed E-state index contributed by atoms with van der Waals surface area (Å²) in [5.74, 6) is 1.04. The molecule has 1 aromatic rings. The minimum Gasteiger partial charge on any atom is -0.335 e. The molecular weight excluding hydrogens is 307 g/mol. The maximum Gasteiger partial charge on any atom is 0.237 e. The smallest absolute Gasteiger partial charge is 0.237 e. The molecule has 0 spiro atoms. The first-order chi connectivity index (χ1) is 9.74. The number of amides is 1. The molecule has 1 unspecified atom stereocenters. The van der Waals surface area contributed by atoms with Crippen LogP contribution in [0.25, 0.3) is 0 Å². The molecule has 1 saturated heterocycles. The van der Waals surface area contributed by atoms with Gasteiger partial charge in [-0.25, -0.2) is 0 Å².